The van der Waals surface area contributed by atoms with E-state index in [0.29, 0.717) is 42.6 Å². The SMILES string of the molecule is CC(NC(=O)N1CCc2cnc(C[C@@H](C)CO)nc2C1)c1ncc(Cl)cn1. The Hall–Kier alpha value is -2.32. The number of hydrogen-bond donors (Lipinski definition) is 2. The molecule has 0 saturated carbocycles. The van der Waals surface area contributed by atoms with Crippen molar-refractivity contribution in [2.24, 2.45) is 5.92 Å². The van der Waals surface area contributed by atoms with Crippen LogP contribution >= 0.6 is 11.6 Å². The van der Waals surface area contributed by atoms with Gasteiger partial charge in [0.1, 0.15) is 11.6 Å². The highest BCUT2D eigenvalue weighted by atomic mass is 35.5. The third-order valence-corrected chi connectivity index (χ3v) is 4.69. The third-order valence-electron chi connectivity index (χ3n) is 4.49. The van der Waals surface area contributed by atoms with E-state index >= 15 is 0 Å². The van der Waals surface area contributed by atoms with Gasteiger partial charge in [-0.05, 0) is 24.8 Å². The minimum Gasteiger partial charge on any atom is -0.396 e. The standard InChI is InChI=1S/C18H23ClN6O2/c1-11(10-26)5-16-20-6-13-3-4-25(9-15(13)24-16)18(27)23-12(2)17-21-7-14(19)8-22-17/h6-8,11-12,26H,3-5,9-10H2,1-2H3,(H,23,27)/t11-,12?/m1/s1. The number of urea groups is 1. The van der Waals surface area contributed by atoms with Gasteiger partial charge in [0.05, 0.1) is 23.3 Å². The molecule has 1 aliphatic heterocycles. The number of rotatable bonds is 5. The molecule has 2 atom stereocenters. The van der Waals surface area contributed by atoms with E-state index in [2.05, 4.69) is 25.3 Å². The van der Waals surface area contributed by atoms with E-state index in [9.17, 15) is 9.90 Å². The maximum atomic E-state index is 12.6. The smallest absolute Gasteiger partial charge is 0.318 e. The van der Waals surface area contributed by atoms with E-state index in [-0.39, 0.29) is 24.6 Å². The van der Waals surface area contributed by atoms with Gasteiger partial charge in [0.15, 0.2) is 0 Å². The highest BCUT2D eigenvalue weighted by Gasteiger charge is 2.24. The Kier molecular flexibility index (Phi) is 6.18. The zero-order chi connectivity index (χ0) is 19.4. The minimum absolute atomic E-state index is 0.0969. The minimum atomic E-state index is -0.331. The van der Waals surface area contributed by atoms with Gasteiger partial charge >= 0.3 is 6.03 Å². The molecule has 1 aliphatic rings. The summed E-state index contributed by atoms with van der Waals surface area (Å²) in [5.41, 5.74) is 1.93. The number of aromatic nitrogens is 4. The molecule has 2 amide bonds. The second-order valence-electron chi connectivity index (χ2n) is 6.85. The monoisotopic (exact) mass is 390 g/mol. The zero-order valence-corrected chi connectivity index (χ0v) is 16.1. The highest BCUT2D eigenvalue weighted by molar-refractivity contribution is 6.30. The van der Waals surface area contributed by atoms with Gasteiger partial charge in [0.2, 0.25) is 0 Å². The molecule has 9 heteroatoms. The summed E-state index contributed by atoms with van der Waals surface area (Å²) in [5, 5.41) is 12.6. The molecule has 27 heavy (non-hydrogen) atoms. The number of carbonyl (C=O) groups is 1. The summed E-state index contributed by atoms with van der Waals surface area (Å²) in [6.07, 6.45) is 6.18. The van der Waals surface area contributed by atoms with Crippen molar-refractivity contribution in [1.82, 2.24) is 30.2 Å². The summed E-state index contributed by atoms with van der Waals surface area (Å²) >= 11 is 5.80. The first-order valence-corrected chi connectivity index (χ1v) is 9.31. The second kappa shape index (κ2) is 8.58. The van der Waals surface area contributed by atoms with E-state index in [1.807, 2.05) is 20.0 Å². The molecule has 0 fully saturated rings. The van der Waals surface area contributed by atoms with Gasteiger partial charge in [-0.15, -0.1) is 0 Å². The van der Waals surface area contributed by atoms with Gasteiger partial charge < -0.3 is 15.3 Å². The molecule has 144 valence electrons. The molecule has 0 aromatic carbocycles. The first-order valence-electron chi connectivity index (χ1n) is 8.93. The van der Waals surface area contributed by atoms with Crippen LogP contribution in [0.1, 0.15) is 42.8 Å². The van der Waals surface area contributed by atoms with Crippen LogP contribution in [0.15, 0.2) is 18.6 Å². The molecule has 2 aromatic heterocycles. The fourth-order valence-electron chi connectivity index (χ4n) is 2.88. The van der Waals surface area contributed by atoms with Crippen molar-refractivity contribution in [3.8, 4) is 0 Å². The molecule has 0 bridgehead atoms. The number of nitrogens with one attached hydrogen (secondary N) is 1. The maximum Gasteiger partial charge on any atom is 0.318 e. The van der Waals surface area contributed by atoms with Gasteiger partial charge in [0.25, 0.3) is 0 Å². The molecule has 2 aromatic rings. The summed E-state index contributed by atoms with van der Waals surface area (Å²) in [6.45, 7) is 4.90. The summed E-state index contributed by atoms with van der Waals surface area (Å²) in [7, 11) is 0. The zero-order valence-electron chi connectivity index (χ0n) is 15.4. The molecule has 2 N–H and O–H groups in total. The molecule has 3 heterocycles. The molecular weight excluding hydrogens is 368 g/mol. The first-order chi connectivity index (χ1) is 13.0. The highest BCUT2D eigenvalue weighted by Crippen LogP contribution is 2.18. The average molecular weight is 391 g/mol. The largest absolute Gasteiger partial charge is 0.396 e. The first kappa shape index (κ1) is 19.4. The van der Waals surface area contributed by atoms with E-state index in [1.165, 1.54) is 12.4 Å². The van der Waals surface area contributed by atoms with Crippen molar-refractivity contribution in [2.45, 2.75) is 39.3 Å². The maximum absolute atomic E-state index is 12.6. The normalized spacial score (nSPS) is 15.8. The van der Waals surface area contributed by atoms with Gasteiger partial charge in [0, 0.05) is 38.2 Å². The van der Waals surface area contributed by atoms with Crippen LogP contribution in [-0.2, 0) is 19.4 Å². The molecular formula is C18H23ClN6O2. The topological polar surface area (TPSA) is 104 Å². The van der Waals surface area contributed by atoms with Crippen molar-refractivity contribution in [1.29, 1.82) is 0 Å². The van der Waals surface area contributed by atoms with Crippen LogP contribution in [0.3, 0.4) is 0 Å². The Morgan fingerprint density at radius 1 is 1.30 bits per heavy atom. The number of aliphatic hydroxyl groups excluding tert-OH is 1. The van der Waals surface area contributed by atoms with Crippen LogP contribution < -0.4 is 5.32 Å². The third kappa shape index (κ3) is 4.90. The van der Waals surface area contributed by atoms with Crippen LogP contribution in [0.25, 0.3) is 0 Å². The Balaban J connectivity index is 1.64. The number of amides is 2. The number of fused-ring (bicyclic) bond motifs is 1. The van der Waals surface area contributed by atoms with Crippen LogP contribution in [0.2, 0.25) is 5.02 Å². The second-order valence-corrected chi connectivity index (χ2v) is 7.29. The van der Waals surface area contributed by atoms with Crippen molar-refractivity contribution in [3.05, 3.63) is 46.5 Å². The number of halogens is 1. The van der Waals surface area contributed by atoms with Gasteiger partial charge in [-0.3, -0.25) is 0 Å². The lowest BCUT2D eigenvalue weighted by molar-refractivity contribution is 0.187. The van der Waals surface area contributed by atoms with Gasteiger partial charge in [-0.2, -0.15) is 0 Å². The lowest BCUT2D eigenvalue weighted by Crippen LogP contribution is -2.44. The number of nitrogens with zero attached hydrogens (tertiary/aromatic N) is 5. The van der Waals surface area contributed by atoms with E-state index in [1.54, 1.807) is 4.90 Å². The van der Waals surface area contributed by atoms with Crippen molar-refractivity contribution in [3.63, 3.8) is 0 Å². The van der Waals surface area contributed by atoms with Gasteiger partial charge in [-0.1, -0.05) is 18.5 Å². The summed E-state index contributed by atoms with van der Waals surface area (Å²) in [4.78, 5) is 31.6. The van der Waals surface area contributed by atoms with E-state index in [4.69, 9.17) is 11.6 Å². The predicted molar refractivity (Wildman–Crippen MR) is 100 cm³/mol. The average Bonchev–Trinajstić information content (AvgIpc) is 2.67. The van der Waals surface area contributed by atoms with Crippen LogP contribution in [0.4, 0.5) is 4.79 Å². The van der Waals surface area contributed by atoms with Crippen molar-refractivity contribution >= 4 is 17.6 Å². The number of aliphatic hydroxyl groups is 1. The summed E-state index contributed by atoms with van der Waals surface area (Å²) < 4.78 is 0. The Labute approximate surface area is 163 Å². The quantitative estimate of drug-likeness (QED) is 0.808. The molecule has 0 aliphatic carbocycles. The molecule has 0 spiro atoms. The van der Waals surface area contributed by atoms with Crippen molar-refractivity contribution < 1.29 is 9.90 Å². The van der Waals surface area contributed by atoms with Crippen LogP contribution in [0.5, 0.6) is 0 Å². The lowest BCUT2D eigenvalue weighted by Gasteiger charge is -2.29. The Morgan fingerprint density at radius 3 is 2.74 bits per heavy atom. The Bertz CT molecular complexity index is 801. The molecule has 1 unspecified atom stereocenters. The fourth-order valence-corrected chi connectivity index (χ4v) is 2.98. The van der Waals surface area contributed by atoms with Gasteiger partial charge in [-0.25, -0.2) is 24.7 Å². The van der Waals surface area contributed by atoms with Crippen LogP contribution in [-0.4, -0.2) is 49.1 Å². The Morgan fingerprint density at radius 2 is 2.04 bits per heavy atom. The lowest BCUT2D eigenvalue weighted by atomic mass is 10.1. The van der Waals surface area contributed by atoms with Crippen molar-refractivity contribution in [2.75, 3.05) is 13.2 Å². The summed E-state index contributed by atoms with van der Waals surface area (Å²) in [5.74, 6) is 1.31. The number of carbonyl (C=O) groups excluding carboxylic acids is 1. The molecule has 0 saturated heterocycles. The van der Waals surface area contributed by atoms with E-state index < -0.39 is 0 Å². The molecule has 3 rings (SSSR count). The molecule has 8 nitrogen and oxygen atoms in total. The fraction of sp³-hybridized carbons (Fsp3) is 0.500. The summed E-state index contributed by atoms with van der Waals surface area (Å²) in [6, 6.07) is -0.516. The predicted octanol–water partition coefficient (Wildman–Crippen LogP) is 1.92. The molecule has 0 radical (unpaired) electrons. The van der Waals surface area contributed by atoms with Crippen LogP contribution in [0, 0.1) is 5.92 Å². The van der Waals surface area contributed by atoms with E-state index in [0.717, 1.165) is 11.3 Å². The number of hydrogen-bond acceptors (Lipinski definition) is 6.